The second-order valence-corrected chi connectivity index (χ2v) is 6.58. The van der Waals surface area contributed by atoms with Crippen LogP contribution in [0.3, 0.4) is 0 Å². The third-order valence-corrected chi connectivity index (χ3v) is 4.62. The number of halogens is 3. The van der Waals surface area contributed by atoms with E-state index in [0.717, 1.165) is 43.5 Å². The highest BCUT2D eigenvalue weighted by Gasteiger charge is 2.30. The van der Waals surface area contributed by atoms with Gasteiger partial charge in [-0.3, -0.25) is 4.99 Å². The van der Waals surface area contributed by atoms with E-state index in [2.05, 4.69) is 29.8 Å². The molecule has 0 radical (unpaired) electrons. The van der Waals surface area contributed by atoms with Crippen LogP contribution in [0.25, 0.3) is 0 Å². The molecule has 0 amide bonds. The summed E-state index contributed by atoms with van der Waals surface area (Å²) in [7, 11) is 1.75. The summed E-state index contributed by atoms with van der Waals surface area (Å²) in [5, 5.41) is 3.33. The van der Waals surface area contributed by atoms with E-state index in [-0.39, 0.29) is 5.75 Å². The predicted octanol–water partition coefficient (Wildman–Crippen LogP) is 2.92. The number of anilines is 1. The molecule has 1 aliphatic heterocycles. The van der Waals surface area contributed by atoms with Gasteiger partial charge in [0.25, 0.3) is 0 Å². The minimum Gasteiger partial charge on any atom is -0.406 e. The van der Waals surface area contributed by atoms with Crippen LogP contribution in [0.1, 0.15) is 5.56 Å². The molecule has 0 saturated carbocycles. The van der Waals surface area contributed by atoms with Crippen molar-refractivity contribution in [3.63, 3.8) is 0 Å². The van der Waals surface area contributed by atoms with Crippen molar-refractivity contribution in [2.24, 2.45) is 4.99 Å². The Morgan fingerprint density at radius 2 is 1.83 bits per heavy atom. The molecule has 1 aliphatic rings. The molecule has 9 heteroatoms. The summed E-state index contributed by atoms with van der Waals surface area (Å²) >= 11 is 0. The molecule has 156 valence electrons. The number of nitrogens with one attached hydrogen (secondary N) is 1. The van der Waals surface area contributed by atoms with Gasteiger partial charge in [-0.15, -0.1) is 13.2 Å². The first-order valence-corrected chi connectivity index (χ1v) is 9.41. The Balaban J connectivity index is 1.44. The van der Waals surface area contributed by atoms with Gasteiger partial charge in [0.15, 0.2) is 5.96 Å². The van der Waals surface area contributed by atoms with Gasteiger partial charge in [0.05, 0.1) is 0 Å². The van der Waals surface area contributed by atoms with Crippen LogP contribution in [-0.4, -0.2) is 62.0 Å². The highest BCUT2D eigenvalue weighted by molar-refractivity contribution is 5.80. The van der Waals surface area contributed by atoms with Crippen LogP contribution in [0, 0.1) is 0 Å². The Morgan fingerprint density at radius 3 is 2.41 bits per heavy atom. The molecular formula is C20H24F3N5O. The second kappa shape index (κ2) is 9.49. The fraction of sp³-hybridized carbons (Fsp3) is 0.400. The number of hydrogen-bond acceptors (Lipinski definition) is 4. The summed E-state index contributed by atoms with van der Waals surface area (Å²) in [5.41, 5.74) is 0.919. The van der Waals surface area contributed by atoms with E-state index >= 15 is 0 Å². The molecule has 1 aromatic carbocycles. The van der Waals surface area contributed by atoms with E-state index in [4.69, 9.17) is 0 Å². The summed E-state index contributed by atoms with van der Waals surface area (Å²) in [6.07, 6.45) is -2.21. The van der Waals surface area contributed by atoms with Crippen LogP contribution < -0.4 is 15.0 Å². The highest BCUT2D eigenvalue weighted by atomic mass is 19.4. The van der Waals surface area contributed by atoms with Crippen molar-refractivity contribution >= 4 is 11.8 Å². The van der Waals surface area contributed by atoms with Gasteiger partial charge in [0.1, 0.15) is 11.6 Å². The van der Waals surface area contributed by atoms with Gasteiger partial charge < -0.3 is 19.9 Å². The SMILES string of the molecule is CN=C(NCCc1ccc(OC(F)(F)F)cc1)N1CCN(c2ccccn2)CC1. The summed E-state index contributed by atoms with van der Waals surface area (Å²) in [4.78, 5) is 13.2. The number of rotatable bonds is 5. The topological polar surface area (TPSA) is 53.0 Å². The Kier molecular flexibility index (Phi) is 6.79. The lowest BCUT2D eigenvalue weighted by molar-refractivity contribution is -0.274. The number of ether oxygens (including phenoxy) is 1. The van der Waals surface area contributed by atoms with Crippen molar-refractivity contribution < 1.29 is 17.9 Å². The quantitative estimate of drug-likeness (QED) is 0.610. The van der Waals surface area contributed by atoms with Crippen molar-refractivity contribution in [1.29, 1.82) is 0 Å². The number of alkyl halides is 3. The van der Waals surface area contributed by atoms with Crippen molar-refractivity contribution in [3.05, 3.63) is 54.2 Å². The molecule has 6 nitrogen and oxygen atoms in total. The predicted molar refractivity (Wildman–Crippen MR) is 106 cm³/mol. The average Bonchev–Trinajstić information content (AvgIpc) is 2.72. The van der Waals surface area contributed by atoms with Crippen LogP contribution in [0.2, 0.25) is 0 Å². The Hall–Kier alpha value is -2.97. The van der Waals surface area contributed by atoms with Crippen molar-refractivity contribution in [3.8, 4) is 5.75 Å². The maximum absolute atomic E-state index is 12.2. The van der Waals surface area contributed by atoms with Crippen LogP contribution >= 0.6 is 0 Å². The van der Waals surface area contributed by atoms with Crippen LogP contribution in [0.5, 0.6) is 5.75 Å². The zero-order chi connectivity index (χ0) is 20.7. The fourth-order valence-corrected chi connectivity index (χ4v) is 3.20. The first-order valence-electron chi connectivity index (χ1n) is 9.41. The van der Waals surface area contributed by atoms with E-state index in [1.54, 1.807) is 25.4 Å². The molecular weight excluding hydrogens is 383 g/mol. The molecule has 0 spiro atoms. The maximum Gasteiger partial charge on any atom is 0.573 e. The summed E-state index contributed by atoms with van der Waals surface area (Å²) in [5.74, 6) is 1.59. The molecule has 2 aromatic rings. The fourth-order valence-electron chi connectivity index (χ4n) is 3.20. The molecule has 0 bridgehead atoms. The molecule has 1 N–H and O–H groups in total. The number of pyridine rings is 1. The van der Waals surface area contributed by atoms with E-state index in [1.165, 1.54) is 12.1 Å². The normalized spacial score (nSPS) is 15.4. The summed E-state index contributed by atoms with van der Waals surface area (Å²) in [6.45, 7) is 4.02. The molecule has 29 heavy (non-hydrogen) atoms. The molecule has 1 saturated heterocycles. The van der Waals surface area contributed by atoms with Gasteiger partial charge in [-0.1, -0.05) is 18.2 Å². The second-order valence-electron chi connectivity index (χ2n) is 6.58. The van der Waals surface area contributed by atoms with Crippen LogP contribution in [0.15, 0.2) is 53.7 Å². The summed E-state index contributed by atoms with van der Waals surface area (Å²) < 4.78 is 40.5. The average molecular weight is 407 g/mol. The smallest absolute Gasteiger partial charge is 0.406 e. The van der Waals surface area contributed by atoms with Crippen LogP contribution in [0.4, 0.5) is 19.0 Å². The molecule has 2 heterocycles. The summed E-state index contributed by atoms with van der Waals surface area (Å²) in [6, 6.07) is 11.8. The first-order chi connectivity index (χ1) is 13.9. The van der Waals surface area contributed by atoms with Gasteiger partial charge >= 0.3 is 6.36 Å². The van der Waals surface area contributed by atoms with Gasteiger partial charge in [-0.25, -0.2) is 4.98 Å². The van der Waals surface area contributed by atoms with Gasteiger partial charge in [-0.2, -0.15) is 0 Å². The van der Waals surface area contributed by atoms with E-state index in [1.807, 2.05) is 18.2 Å². The van der Waals surface area contributed by atoms with Crippen molar-refractivity contribution in [2.75, 3.05) is 44.7 Å². The van der Waals surface area contributed by atoms with Crippen LogP contribution in [-0.2, 0) is 6.42 Å². The zero-order valence-electron chi connectivity index (χ0n) is 16.2. The highest BCUT2D eigenvalue weighted by Crippen LogP contribution is 2.22. The zero-order valence-corrected chi connectivity index (χ0v) is 16.2. The lowest BCUT2D eigenvalue weighted by Gasteiger charge is -2.37. The third kappa shape index (κ3) is 6.27. The Morgan fingerprint density at radius 1 is 1.10 bits per heavy atom. The molecule has 3 rings (SSSR count). The lowest BCUT2D eigenvalue weighted by Crippen LogP contribution is -2.53. The van der Waals surface area contributed by atoms with E-state index in [0.29, 0.717) is 13.0 Å². The number of nitrogens with zero attached hydrogens (tertiary/aromatic N) is 4. The molecule has 0 atom stereocenters. The minimum atomic E-state index is -4.67. The van der Waals surface area contributed by atoms with E-state index < -0.39 is 6.36 Å². The van der Waals surface area contributed by atoms with Crippen molar-refractivity contribution in [2.45, 2.75) is 12.8 Å². The Bertz CT molecular complexity index is 788. The number of aliphatic imine (C=N–C) groups is 1. The third-order valence-electron chi connectivity index (χ3n) is 4.62. The van der Waals surface area contributed by atoms with E-state index in [9.17, 15) is 13.2 Å². The largest absolute Gasteiger partial charge is 0.573 e. The number of hydrogen-bond donors (Lipinski definition) is 1. The van der Waals surface area contributed by atoms with Gasteiger partial charge in [0.2, 0.25) is 0 Å². The molecule has 1 fully saturated rings. The maximum atomic E-state index is 12.2. The van der Waals surface area contributed by atoms with Gasteiger partial charge in [-0.05, 0) is 36.2 Å². The molecule has 1 aromatic heterocycles. The number of piperazine rings is 1. The van der Waals surface area contributed by atoms with Crippen molar-refractivity contribution in [1.82, 2.24) is 15.2 Å². The monoisotopic (exact) mass is 407 g/mol. The van der Waals surface area contributed by atoms with Gasteiger partial charge in [0, 0.05) is 46.0 Å². The lowest BCUT2D eigenvalue weighted by atomic mass is 10.1. The standard InChI is InChI=1S/C20H24F3N5O/c1-24-19(28-14-12-27(13-15-28)18-4-2-3-10-25-18)26-11-9-16-5-7-17(8-6-16)29-20(21,22)23/h2-8,10H,9,11-15H2,1H3,(H,24,26). The molecule has 0 aliphatic carbocycles. The number of guanidine groups is 1. The first kappa shape index (κ1) is 20.8. The number of benzene rings is 1. The minimum absolute atomic E-state index is 0.212. The Labute approximate surface area is 168 Å². The molecule has 0 unspecified atom stereocenters. The number of aromatic nitrogens is 1.